The minimum Gasteiger partial charge on any atom is -0.341 e. The largest absolute Gasteiger partial charge is 0.341 e. The molecule has 1 unspecified atom stereocenters. The molecule has 0 aliphatic heterocycles. The second-order valence-corrected chi connectivity index (χ2v) is 5.34. The number of hydrogen-bond donors (Lipinski definition) is 1. The van der Waals surface area contributed by atoms with Crippen LogP contribution in [0.3, 0.4) is 0 Å². The monoisotopic (exact) mass is 228 g/mol. The van der Waals surface area contributed by atoms with E-state index in [1.807, 2.05) is 11.9 Å². The predicted molar refractivity (Wildman–Crippen MR) is 69.2 cm³/mol. The van der Waals surface area contributed by atoms with E-state index in [2.05, 4.69) is 27.7 Å². The van der Waals surface area contributed by atoms with Crippen LogP contribution in [0.5, 0.6) is 0 Å². The van der Waals surface area contributed by atoms with Crippen LogP contribution in [0.15, 0.2) is 0 Å². The van der Waals surface area contributed by atoms with Crippen LogP contribution >= 0.6 is 0 Å². The van der Waals surface area contributed by atoms with Crippen molar-refractivity contribution in [3.63, 3.8) is 0 Å². The number of carbonyl (C=O) groups is 1. The summed E-state index contributed by atoms with van der Waals surface area (Å²) < 4.78 is 0. The lowest BCUT2D eigenvalue weighted by atomic mass is 9.97. The van der Waals surface area contributed by atoms with Crippen molar-refractivity contribution in [2.45, 2.75) is 58.9 Å². The van der Waals surface area contributed by atoms with E-state index in [4.69, 9.17) is 5.73 Å². The van der Waals surface area contributed by atoms with Crippen molar-refractivity contribution in [2.75, 3.05) is 13.6 Å². The molecule has 16 heavy (non-hydrogen) atoms. The van der Waals surface area contributed by atoms with Gasteiger partial charge >= 0.3 is 0 Å². The Morgan fingerprint density at radius 3 is 2.38 bits per heavy atom. The van der Waals surface area contributed by atoms with Gasteiger partial charge in [0, 0.05) is 19.0 Å². The lowest BCUT2D eigenvalue weighted by Crippen LogP contribution is -2.44. The summed E-state index contributed by atoms with van der Waals surface area (Å²) >= 11 is 0. The maximum Gasteiger partial charge on any atom is 0.222 e. The van der Waals surface area contributed by atoms with Crippen LogP contribution in [0, 0.1) is 5.92 Å². The molecule has 1 amide bonds. The SMILES string of the molecule is CCC(C)(C)N(C)C(=O)CCC(C)CCN. The zero-order valence-corrected chi connectivity index (χ0v) is 11.5. The van der Waals surface area contributed by atoms with E-state index < -0.39 is 0 Å². The van der Waals surface area contributed by atoms with Gasteiger partial charge < -0.3 is 10.6 Å². The van der Waals surface area contributed by atoms with Gasteiger partial charge in [0.25, 0.3) is 0 Å². The summed E-state index contributed by atoms with van der Waals surface area (Å²) in [5, 5.41) is 0. The molecule has 3 nitrogen and oxygen atoms in total. The molecule has 0 fully saturated rings. The summed E-state index contributed by atoms with van der Waals surface area (Å²) in [5.74, 6) is 0.794. The first kappa shape index (κ1) is 15.4. The Hall–Kier alpha value is -0.570. The molecule has 96 valence electrons. The normalized spacial score (nSPS) is 13.6. The molecule has 3 heteroatoms. The third kappa shape index (κ3) is 4.97. The summed E-state index contributed by atoms with van der Waals surface area (Å²) in [6.45, 7) is 9.19. The van der Waals surface area contributed by atoms with Gasteiger partial charge in [-0.15, -0.1) is 0 Å². The standard InChI is InChI=1S/C13H28N2O/c1-6-13(3,4)15(5)12(16)8-7-11(2)9-10-14/h11H,6-10,14H2,1-5H3. The number of hydrogen-bond acceptors (Lipinski definition) is 2. The number of nitrogens with two attached hydrogens (primary N) is 1. The highest BCUT2D eigenvalue weighted by atomic mass is 16.2. The Bertz CT molecular complexity index is 214. The fourth-order valence-corrected chi connectivity index (χ4v) is 1.54. The zero-order chi connectivity index (χ0) is 12.8. The smallest absolute Gasteiger partial charge is 0.222 e. The van der Waals surface area contributed by atoms with E-state index >= 15 is 0 Å². The highest BCUT2D eigenvalue weighted by Gasteiger charge is 2.25. The summed E-state index contributed by atoms with van der Waals surface area (Å²) in [6.07, 6.45) is 3.57. The number of carbonyl (C=O) groups excluding carboxylic acids is 1. The number of amides is 1. The van der Waals surface area contributed by atoms with E-state index in [0.29, 0.717) is 18.9 Å². The Morgan fingerprint density at radius 2 is 1.94 bits per heavy atom. The molecule has 0 saturated carbocycles. The Balaban J connectivity index is 4.07. The third-order valence-electron chi connectivity index (χ3n) is 3.66. The van der Waals surface area contributed by atoms with Gasteiger partial charge in [0.2, 0.25) is 5.91 Å². The molecule has 2 N–H and O–H groups in total. The quantitative estimate of drug-likeness (QED) is 0.727. The van der Waals surface area contributed by atoms with E-state index in [-0.39, 0.29) is 11.4 Å². The van der Waals surface area contributed by atoms with Crippen LogP contribution in [-0.4, -0.2) is 29.9 Å². The lowest BCUT2D eigenvalue weighted by molar-refractivity contribution is -0.135. The van der Waals surface area contributed by atoms with Gasteiger partial charge in [0.15, 0.2) is 0 Å². The van der Waals surface area contributed by atoms with Crippen molar-refractivity contribution in [1.82, 2.24) is 4.90 Å². The Morgan fingerprint density at radius 1 is 1.38 bits per heavy atom. The summed E-state index contributed by atoms with van der Waals surface area (Å²) in [7, 11) is 1.90. The fraction of sp³-hybridized carbons (Fsp3) is 0.923. The lowest BCUT2D eigenvalue weighted by Gasteiger charge is -2.35. The highest BCUT2D eigenvalue weighted by Crippen LogP contribution is 2.19. The van der Waals surface area contributed by atoms with Gasteiger partial charge in [-0.3, -0.25) is 4.79 Å². The van der Waals surface area contributed by atoms with E-state index in [0.717, 1.165) is 19.3 Å². The average Bonchev–Trinajstić information content (AvgIpc) is 2.25. The minimum atomic E-state index is -0.0335. The van der Waals surface area contributed by atoms with Gasteiger partial charge in [-0.2, -0.15) is 0 Å². The zero-order valence-electron chi connectivity index (χ0n) is 11.5. The van der Waals surface area contributed by atoms with Crippen molar-refractivity contribution >= 4 is 5.91 Å². The van der Waals surface area contributed by atoms with Crippen LogP contribution in [-0.2, 0) is 4.79 Å². The molecule has 0 aromatic carbocycles. The highest BCUT2D eigenvalue weighted by molar-refractivity contribution is 5.76. The van der Waals surface area contributed by atoms with Gasteiger partial charge in [-0.1, -0.05) is 13.8 Å². The number of nitrogens with zero attached hydrogens (tertiary/aromatic N) is 1. The minimum absolute atomic E-state index is 0.0335. The van der Waals surface area contributed by atoms with E-state index in [9.17, 15) is 4.79 Å². The van der Waals surface area contributed by atoms with Crippen LogP contribution in [0.2, 0.25) is 0 Å². The Kier molecular flexibility index (Phi) is 6.65. The van der Waals surface area contributed by atoms with Gasteiger partial charge in [0.05, 0.1) is 0 Å². The molecule has 0 saturated heterocycles. The number of rotatable bonds is 7. The van der Waals surface area contributed by atoms with Crippen LogP contribution in [0.4, 0.5) is 0 Å². The molecular weight excluding hydrogens is 200 g/mol. The Labute approximate surface area is 100 Å². The van der Waals surface area contributed by atoms with Gasteiger partial charge in [-0.25, -0.2) is 0 Å². The third-order valence-corrected chi connectivity index (χ3v) is 3.66. The maximum atomic E-state index is 12.0. The molecule has 0 radical (unpaired) electrons. The molecule has 0 rings (SSSR count). The van der Waals surface area contributed by atoms with Gasteiger partial charge in [0.1, 0.15) is 0 Å². The second-order valence-electron chi connectivity index (χ2n) is 5.34. The van der Waals surface area contributed by atoms with Crippen molar-refractivity contribution in [2.24, 2.45) is 11.7 Å². The van der Waals surface area contributed by atoms with Crippen LogP contribution < -0.4 is 5.73 Å². The molecule has 0 bridgehead atoms. The van der Waals surface area contributed by atoms with E-state index in [1.165, 1.54) is 0 Å². The van der Waals surface area contributed by atoms with E-state index in [1.54, 1.807) is 0 Å². The average molecular weight is 228 g/mol. The molecule has 0 aliphatic carbocycles. The maximum absolute atomic E-state index is 12.0. The topological polar surface area (TPSA) is 46.3 Å². The summed E-state index contributed by atoms with van der Waals surface area (Å²) in [6, 6.07) is 0. The molecule has 0 heterocycles. The molecule has 0 aromatic heterocycles. The molecular formula is C13H28N2O. The van der Waals surface area contributed by atoms with Crippen LogP contribution in [0.1, 0.15) is 53.4 Å². The van der Waals surface area contributed by atoms with Gasteiger partial charge in [-0.05, 0) is 45.6 Å². The van der Waals surface area contributed by atoms with Crippen molar-refractivity contribution in [3.8, 4) is 0 Å². The first-order valence-corrected chi connectivity index (χ1v) is 6.31. The van der Waals surface area contributed by atoms with Crippen LogP contribution in [0.25, 0.3) is 0 Å². The van der Waals surface area contributed by atoms with Crippen molar-refractivity contribution in [3.05, 3.63) is 0 Å². The molecule has 0 aliphatic rings. The molecule has 0 spiro atoms. The predicted octanol–water partition coefficient (Wildman–Crippen LogP) is 2.40. The first-order chi connectivity index (χ1) is 7.35. The molecule has 1 atom stereocenters. The summed E-state index contributed by atoms with van der Waals surface area (Å²) in [4.78, 5) is 13.8. The van der Waals surface area contributed by atoms with Crippen molar-refractivity contribution in [1.29, 1.82) is 0 Å². The molecule has 0 aromatic rings. The fourth-order valence-electron chi connectivity index (χ4n) is 1.54. The second kappa shape index (κ2) is 6.89. The van der Waals surface area contributed by atoms with Crippen molar-refractivity contribution < 1.29 is 4.79 Å². The summed E-state index contributed by atoms with van der Waals surface area (Å²) in [5.41, 5.74) is 5.46. The first-order valence-electron chi connectivity index (χ1n) is 6.31.